The fourth-order valence-electron chi connectivity index (χ4n) is 5.12. The van der Waals surface area contributed by atoms with Crippen LogP contribution in [0.15, 0.2) is 12.1 Å². The van der Waals surface area contributed by atoms with Crippen LogP contribution in [0, 0.1) is 0 Å². The zero-order valence-electron chi connectivity index (χ0n) is 13.9. The first kappa shape index (κ1) is 13.7. The van der Waals surface area contributed by atoms with Crippen LogP contribution in [0.3, 0.4) is 0 Å². The minimum Gasteiger partial charge on any atom is -0.363 e. The van der Waals surface area contributed by atoms with Crippen LogP contribution >= 0.6 is 0 Å². The summed E-state index contributed by atoms with van der Waals surface area (Å²) >= 11 is 0. The van der Waals surface area contributed by atoms with Gasteiger partial charge in [0.1, 0.15) is 0 Å². The molecule has 0 spiro atoms. The van der Waals surface area contributed by atoms with Crippen molar-refractivity contribution in [2.45, 2.75) is 89.6 Å². The van der Waals surface area contributed by atoms with Gasteiger partial charge in [-0.15, -0.1) is 0 Å². The molecule has 2 aliphatic carbocycles. The molecule has 1 fully saturated rings. The number of nitrogens with zero attached hydrogens (tertiary/aromatic N) is 1. The Kier molecular flexibility index (Phi) is 3.10. The average Bonchev–Trinajstić information content (AvgIpc) is 2.78. The lowest BCUT2D eigenvalue weighted by molar-refractivity contribution is 0.341. The maximum absolute atomic E-state index is 2.78. The maximum Gasteiger partial charge on any atom is 0.0412 e. The SMILES string of the molecule is CC(C)(C)N1c2cc3c(cc2C2CCCCC21)CCCC3. The Labute approximate surface area is 129 Å². The van der Waals surface area contributed by atoms with E-state index in [-0.39, 0.29) is 5.54 Å². The molecule has 1 heteroatoms. The van der Waals surface area contributed by atoms with Crippen molar-refractivity contribution in [3.05, 3.63) is 28.8 Å². The van der Waals surface area contributed by atoms with Gasteiger partial charge in [0.15, 0.2) is 0 Å². The van der Waals surface area contributed by atoms with Crippen LogP contribution in [0.1, 0.15) is 81.9 Å². The fourth-order valence-corrected chi connectivity index (χ4v) is 5.12. The first-order valence-corrected chi connectivity index (χ1v) is 9.01. The van der Waals surface area contributed by atoms with Gasteiger partial charge in [0.25, 0.3) is 0 Å². The molecule has 114 valence electrons. The van der Waals surface area contributed by atoms with E-state index < -0.39 is 0 Å². The standard InChI is InChI=1S/C20H29N/c1-20(2,3)21-18-11-7-6-10-16(18)17-12-14-8-4-5-9-15(14)13-19(17)21/h12-13,16,18H,4-11H2,1-3H3. The van der Waals surface area contributed by atoms with Gasteiger partial charge >= 0.3 is 0 Å². The largest absolute Gasteiger partial charge is 0.363 e. The maximum atomic E-state index is 2.78. The first-order chi connectivity index (χ1) is 10.1. The van der Waals surface area contributed by atoms with E-state index in [0.717, 1.165) is 12.0 Å². The Morgan fingerprint density at radius 2 is 1.57 bits per heavy atom. The lowest BCUT2D eigenvalue weighted by atomic mass is 9.80. The molecule has 21 heavy (non-hydrogen) atoms. The summed E-state index contributed by atoms with van der Waals surface area (Å²) in [5.74, 6) is 0.806. The minimum absolute atomic E-state index is 0.244. The molecule has 0 bridgehead atoms. The van der Waals surface area contributed by atoms with Gasteiger partial charge in [-0.05, 0) is 82.1 Å². The van der Waals surface area contributed by atoms with E-state index >= 15 is 0 Å². The second-order valence-corrected chi connectivity index (χ2v) is 8.39. The van der Waals surface area contributed by atoms with E-state index in [1.165, 1.54) is 51.4 Å². The highest BCUT2D eigenvalue weighted by atomic mass is 15.2. The molecule has 2 unspecified atom stereocenters. The lowest BCUT2D eigenvalue weighted by Crippen LogP contribution is -2.48. The van der Waals surface area contributed by atoms with Crippen molar-refractivity contribution in [1.82, 2.24) is 0 Å². The number of hydrogen-bond acceptors (Lipinski definition) is 1. The quantitative estimate of drug-likeness (QED) is 0.631. The number of anilines is 1. The molecule has 0 aromatic heterocycles. The molecule has 1 aliphatic heterocycles. The third-order valence-electron chi connectivity index (χ3n) is 5.93. The Morgan fingerprint density at radius 3 is 2.29 bits per heavy atom. The molecule has 1 aromatic carbocycles. The van der Waals surface area contributed by atoms with Crippen molar-refractivity contribution in [1.29, 1.82) is 0 Å². The molecule has 1 aromatic rings. The zero-order chi connectivity index (χ0) is 14.6. The predicted octanol–water partition coefficient (Wildman–Crippen LogP) is 5.21. The number of rotatable bonds is 0. The molecular weight excluding hydrogens is 254 g/mol. The van der Waals surface area contributed by atoms with Gasteiger partial charge in [0.2, 0.25) is 0 Å². The molecule has 3 aliphatic rings. The zero-order valence-corrected chi connectivity index (χ0v) is 13.9. The summed E-state index contributed by atoms with van der Waals surface area (Å²) < 4.78 is 0. The second-order valence-electron chi connectivity index (χ2n) is 8.39. The summed E-state index contributed by atoms with van der Waals surface area (Å²) in [7, 11) is 0. The molecular formula is C20H29N. The summed E-state index contributed by atoms with van der Waals surface area (Å²) in [6, 6.07) is 5.95. The number of fused-ring (bicyclic) bond motifs is 4. The summed E-state index contributed by atoms with van der Waals surface area (Å²) in [4.78, 5) is 2.78. The molecule has 1 saturated carbocycles. The number of benzene rings is 1. The minimum atomic E-state index is 0.244. The van der Waals surface area contributed by atoms with Gasteiger partial charge in [-0.1, -0.05) is 18.9 Å². The van der Waals surface area contributed by atoms with E-state index in [9.17, 15) is 0 Å². The average molecular weight is 283 g/mol. The molecule has 4 rings (SSSR count). The molecule has 0 amide bonds. The molecule has 0 radical (unpaired) electrons. The topological polar surface area (TPSA) is 3.24 Å². The molecule has 2 atom stereocenters. The predicted molar refractivity (Wildman–Crippen MR) is 90.3 cm³/mol. The normalized spacial score (nSPS) is 28.0. The van der Waals surface area contributed by atoms with Crippen molar-refractivity contribution in [3.8, 4) is 0 Å². The monoisotopic (exact) mass is 283 g/mol. The van der Waals surface area contributed by atoms with E-state index in [0.29, 0.717) is 0 Å². The Bertz CT molecular complexity index is 552. The van der Waals surface area contributed by atoms with Crippen molar-refractivity contribution >= 4 is 5.69 Å². The molecule has 1 heterocycles. The smallest absolute Gasteiger partial charge is 0.0412 e. The Morgan fingerprint density at radius 1 is 0.905 bits per heavy atom. The summed E-state index contributed by atoms with van der Waals surface area (Å²) in [6.45, 7) is 7.19. The summed E-state index contributed by atoms with van der Waals surface area (Å²) in [6.07, 6.45) is 11.0. The van der Waals surface area contributed by atoms with E-state index in [1.54, 1.807) is 22.4 Å². The van der Waals surface area contributed by atoms with Crippen molar-refractivity contribution in [2.75, 3.05) is 4.90 Å². The number of hydrogen-bond donors (Lipinski definition) is 0. The molecule has 0 N–H and O–H groups in total. The van der Waals surface area contributed by atoms with E-state index in [2.05, 4.69) is 37.8 Å². The van der Waals surface area contributed by atoms with Gasteiger partial charge in [0, 0.05) is 23.2 Å². The van der Waals surface area contributed by atoms with Gasteiger partial charge < -0.3 is 4.90 Å². The van der Waals surface area contributed by atoms with Crippen molar-refractivity contribution in [3.63, 3.8) is 0 Å². The van der Waals surface area contributed by atoms with Crippen LogP contribution in [0.5, 0.6) is 0 Å². The number of aryl methyl sites for hydroxylation is 2. The first-order valence-electron chi connectivity index (χ1n) is 9.01. The van der Waals surface area contributed by atoms with Gasteiger partial charge in [-0.3, -0.25) is 0 Å². The van der Waals surface area contributed by atoms with Crippen LogP contribution in [0.2, 0.25) is 0 Å². The fraction of sp³-hybridized carbons (Fsp3) is 0.700. The van der Waals surface area contributed by atoms with Crippen molar-refractivity contribution < 1.29 is 0 Å². The lowest BCUT2D eigenvalue weighted by Gasteiger charge is -2.42. The van der Waals surface area contributed by atoms with Crippen molar-refractivity contribution in [2.24, 2.45) is 0 Å². The Balaban J connectivity index is 1.85. The third kappa shape index (κ3) is 2.12. The van der Waals surface area contributed by atoms with E-state index in [1.807, 2.05) is 0 Å². The van der Waals surface area contributed by atoms with E-state index in [4.69, 9.17) is 0 Å². The molecule has 1 nitrogen and oxygen atoms in total. The highest BCUT2D eigenvalue weighted by Gasteiger charge is 2.44. The highest BCUT2D eigenvalue weighted by molar-refractivity contribution is 5.66. The third-order valence-corrected chi connectivity index (χ3v) is 5.93. The van der Waals surface area contributed by atoms with Gasteiger partial charge in [-0.2, -0.15) is 0 Å². The van der Waals surface area contributed by atoms with Crippen LogP contribution in [0.4, 0.5) is 5.69 Å². The van der Waals surface area contributed by atoms with Crippen LogP contribution in [0.25, 0.3) is 0 Å². The molecule has 0 saturated heterocycles. The Hall–Kier alpha value is -0.980. The van der Waals surface area contributed by atoms with Gasteiger partial charge in [-0.25, -0.2) is 0 Å². The second kappa shape index (κ2) is 4.76. The van der Waals surface area contributed by atoms with Crippen LogP contribution in [-0.4, -0.2) is 11.6 Å². The summed E-state index contributed by atoms with van der Waals surface area (Å²) in [5, 5.41) is 0. The summed E-state index contributed by atoms with van der Waals surface area (Å²) in [5.41, 5.74) is 6.83. The highest BCUT2D eigenvalue weighted by Crippen LogP contribution is 2.51. The van der Waals surface area contributed by atoms with Gasteiger partial charge in [0.05, 0.1) is 0 Å². The van der Waals surface area contributed by atoms with Crippen LogP contribution in [-0.2, 0) is 12.8 Å². The van der Waals surface area contributed by atoms with Crippen LogP contribution < -0.4 is 4.90 Å².